The van der Waals surface area contributed by atoms with Crippen LogP contribution in [0.5, 0.6) is 0 Å². The van der Waals surface area contributed by atoms with Gasteiger partial charge in [0.2, 0.25) is 5.91 Å². The molecule has 0 unspecified atom stereocenters. The van der Waals surface area contributed by atoms with E-state index in [1.165, 1.54) is 12.8 Å². The molecular weight excluding hydrogens is 366 g/mol. The summed E-state index contributed by atoms with van der Waals surface area (Å²) < 4.78 is 0. The van der Waals surface area contributed by atoms with Crippen molar-refractivity contribution < 1.29 is 14.4 Å². The molecule has 0 radical (unpaired) electrons. The second-order valence-electron chi connectivity index (χ2n) is 7.90. The molecule has 0 aliphatic carbocycles. The van der Waals surface area contributed by atoms with Crippen LogP contribution in [-0.4, -0.2) is 48.8 Å². The topological polar surface area (TPSA) is 60.9 Å². The average molecular weight is 389 g/mol. The van der Waals surface area contributed by atoms with E-state index in [9.17, 15) is 14.4 Å². The van der Waals surface area contributed by atoms with Crippen LogP contribution in [0.1, 0.15) is 45.5 Å². The fourth-order valence-corrected chi connectivity index (χ4v) is 4.60. The first-order chi connectivity index (χ1) is 14.1. The summed E-state index contributed by atoms with van der Waals surface area (Å²) in [6, 6.07) is 13.1. The minimum atomic E-state index is -0.387. The molecule has 2 aromatic carbocycles. The Labute approximate surface area is 169 Å². The lowest BCUT2D eigenvalue weighted by Gasteiger charge is -2.32. The van der Waals surface area contributed by atoms with Crippen molar-refractivity contribution in [1.82, 2.24) is 4.90 Å². The van der Waals surface area contributed by atoms with E-state index in [2.05, 4.69) is 23.1 Å². The largest absolute Gasteiger partial charge is 0.371 e. The monoisotopic (exact) mass is 389 g/mol. The third-order valence-electron chi connectivity index (χ3n) is 6.13. The Morgan fingerprint density at radius 1 is 0.862 bits per heavy atom. The Morgan fingerprint density at radius 3 is 2.24 bits per heavy atom. The zero-order chi connectivity index (χ0) is 20.0. The number of anilines is 2. The maximum absolute atomic E-state index is 13.2. The minimum absolute atomic E-state index is 0.209. The fourth-order valence-electron chi connectivity index (χ4n) is 4.60. The molecule has 29 heavy (non-hydrogen) atoms. The van der Waals surface area contributed by atoms with E-state index in [1.807, 2.05) is 0 Å². The number of hydrogen-bond acceptors (Lipinski definition) is 4. The first-order valence-corrected chi connectivity index (χ1v) is 10.3. The summed E-state index contributed by atoms with van der Waals surface area (Å²) in [5.74, 6) is -0.983. The standard InChI is InChI=1S/C23H23N3O3/c27-21(15-26-22(28)18-7-1-2-8-19(18)23(26)29)25-13-5-6-16-9-10-17(14-20(16)25)24-11-3-4-12-24/h1-2,7-10,14H,3-6,11-13,15H2. The number of carbonyl (C=O) groups is 3. The van der Waals surface area contributed by atoms with Gasteiger partial charge in [-0.15, -0.1) is 0 Å². The lowest BCUT2D eigenvalue weighted by Crippen LogP contribution is -2.44. The number of nitrogens with zero attached hydrogens (tertiary/aromatic N) is 3. The smallest absolute Gasteiger partial charge is 0.262 e. The van der Waals surface area contributed by atoms with Crippen molar-refractivity contribution in [2.75, 3.05) is 36.0 Å². The van der Waals surface area contributed by atoms with E-state index in [-0.39, 0.29) is 24.3 Å². The molecule has 6 nitrogen and oxygen atoms in total. The van der Waals surface area contributed by atoms with Crippen molar-refractivity contribution in [3.05, 3.63) is 59.2 Å². The lowest BCUT2D eigenvalue weighted by atomic mass is 10.0. The number of benzene rings is 2. The Bertz CT molecular complexity index is 975. The Morgan fingerprint density at radius 2 is 1.55 bits per heavy atom. The van der Waals surface area contributed by atoms with E-state index < -0.39 is 0 Å². The highest BCUT2D eigenvalue weighted by atomic mass is 16.2. The van der Waals surface area contributed by atoms with Crippen molar-refractivity contribution in [3.8, 4) is 0 Å². The molecular formula is C23H23N3O3. The van der Waals surface area contributed by atoms with Gasteiger partial charge in [-0.05, 0) is 55.5 Å². The molecule has 1 saturated heterocycles. The number of imide groups is 1. The predicted molar refractivity (Wildman–Crippen MR) is 110 cm³/mol. The van der Waals surface area contributed by atoms with Gasteiger partial charge >= 0.3 is 0 Å². The molecule has 3 amide bonds. The zero-order valence-corrected chi connectivity index (χ0v) is 16.3. The lowest BCUT2D eigenvalue weighted by molar-refractivity contribution is -0.119. The molecule has 0 bridgehead atoms. The number of amides is 3. The van der Waals surface area contributed by atoms with E-state index in [4.69, 9.17) is 0 Å². The third kappa shape index (κ3) is 2.99. The maximum Gasteiger partial charge on any atom is 0.262 e. The summed E-state index contributed by atoms with van der Waals surface area (Å²) in [6.45, 7) is 2.47. The molecule has 1 fully saturated rings. The number of hydrogen-bond donors (Lipinski definition) is 0. The van der Waals surface area contributed by atoms with Gasteiger partial charge in [-0.25, -0.2) is 0 Å². The van der Waals surface area contributed by atoms with Gasteiger partial charge in [0.1, 0.15) is 6.54 Å². The van der Waals surface area contributed by atoms with E-state index in [0.29, 0.717) is 17.7 Å². The molecule has 0 spiro atoms. The molecule has 0 atom stereocenters. The van der Waals surface area contributed by atoms with E-state index in [1.54, 1.807) is 29.2 Å². The first-order valence-electron chi connectivity index (χ1n) is 10.3. The predicted octanol–water partition coefficient (Wildman–Crippen LogP) is 2.86. The fraction of sp³-hybridized carbons (Fsp3) is 0.348. The third-order valence-corrected chi connectivity index (χ3v) is 6.13. The Hall–Kier alpha value is -3.15. The number of carbonyl (C=O) groups excluding carboxylic acids is 3. The van der Waals surface area contributed by atoms with Crippen molar-refractivity contribution in [3.63, 3.8) is 0 Å². The van der Waals surface area contributed by atoms with Crippen LogP contribution in [0.25, 0.3) is 0 Å². The SMILES string of the molecule is O=C1c2ccccc2C(=O)N1CC(=O)N1CCCc2ccc(N3CCCC3)cc21. The van der Waals surface area contributed by atoms with Gasteiger partial charge in [0.05, 0.1) is 11.1 Å². The van der Waals surface area contributed by atoms with Gasteiger partial charge in [0.15, 0.2) is 0 Å². The molecule has 6 heteroatoms. The number of aryl methyl sites for hydroxylation is 1. The van der Waals surface area contributed by atoms with E-state index >= 15 is 0 Å². The first kappa shape index (κ1) is 17.9. The van der Waals surface area contributed by atoms with Crippen molar-refractivity contribution >= 4 is 29.1 Å². The molecule has 3 aliphatic rings. The van der Waals surface area contributed by atoms with Gasteiger partial charge < -0.3 is 9.80 Å². The van der Waals surface area contributed by atoms with Crippen molar-refractivity contribution in [2.45, 2.75) is 25.7 Å². The van der Waals surface area contributed by atoms with Gasteiger partial charge in [0.25, 0.3) is 11.8 Å². The normalized spacial score (nSPS) is 18.3. The van der Waals surface area contributed by atoms with Crippen LogP contribution in [0.2, 0.25) is 0 Å². The second-order valence-corrected chi connectivity index (χ2v) is 7.90. The summed E-state index contributed by atoms with van der Waals surface area (Å²) >= 11 is 0. The number of rotatable bonds is 3. The van der Waals surface area contributed by atoms with Crippen molar-refractivity contribution in [2.24, 2.45) is 0 Å². The minimum Gasteiger partial charge on any atom is -0.371 e. The van der Waals surface area contributed by atoms with Gasteiger partial charge in [-0.1, -0.05) is 18.2 Å². The molecule has 0 saturated carbocycles. The second kappa shape index (κ2) is 7.03. The molecule has 148 valence electrons. The summed E-state index contributed by atoms with van der Waals surface area (Å²) in [4.78, 5) is 43.6. The van der Waals surface area contributed by atoms with Crippen LogP contribution in [0.15, 0.2) is 42.5 Å². The van der Waals surface area contributed by atoms with Crippen LogP contribution in [0, 0.1) is 0 Å². The Balaban J connectivity index is 1.40. The van der Waals surface area contributed by atoms with Gasteiger partial charge in [-0.3, -0.25) is 19.3 Å². The number of fused-ring (bicyclic) bond motifs is 2. The molecule has 3 heterocycles. The van der Waals surface area contributed by atoms with Gasteiger partial charge in [0, 0.05) is 31.0 Å². The highest BCUT2D eigenvalue weighted by molar-refractivity contribution is 6.22. The van der Waals surface area contributed by atoms with Gasteiger partial charge in [-0.2, -0.15) is 0 Å². The molecule has 0 aromatic heterocycles. The molecule has 3 aliphatic heterocycles. The van der Waals surface area contributed by atoms with Crippen LogP contribution in [0.3, 0.4) is 0 Å². The molecule has 0 N–H and O–H groups in total. The molecule has 2 aromatic rings. The summed E-state index contributed by atoms with van der Waals surface area (Å²) in [7, 11) is 0. The highest BCUT2D eigenvalue weighted by Crippen LogP contribution is 2.33. The van der Waals surface area contributed by atoms with Crippen molar-refractivity contribution in [1.29, 1.82) is 0 Å². The summed E-state index contributed by atoms with van der Waals surface area (Å²) in [6.07, 6.45) is 4.20. The molecule has 5 rings (SSSR count). The summed E-state index contributed by atoms with van der Waals surface area (Å²) in [5, 5.41) is 0. The van der Waals surface area contributed by atoms with Crippen LogP contribution in [-0.2, 0) is 11.2 Å². The average Bonchev–Trinajstić information content (AvgIpc) is 3.37. The van der Waals surface area contributed by atoms with Crippen LogP contribution in [0.4, 0.5) is 11.4 Å². The summed E-state index contributed by atoms with van der Waals surface area (Å²) in [5.41, 5.74) is 3.96. The quantitative estimate of drug-likeness (QED) is 0.758. The van der Waals surface area contributed by atoms with E-state index in [0.717, 1.165) is 47.8 Å². The highest BCUT2D eigenvalue weighted by Gasteiger charge is 2.37. The zero-order valence-electron chi connectivity index (χ0n) is 16.3. The van der Waals surface area contributed by atoms with Crippen LogP contribution < -0.4 is 9.80 Å². The Kier molecular flexibility index (Phi) is 4.34. The van der Waals surface area contributed by atoms with Crippen LogP contribution >= 0.6 is 0 Å². The maximum atomic E-state index is 13.2.